The number of aliphatic imine (C=N–C) groups is 1. The van der Waals surface area contributed by atoms with Crippen molar-refractivity contribution < 1.29 is 0 Å². The number of nitrogens with zero attached hydrogens (tertiary/aromatic N) is 3. The van der Waals surface area contributed by atoms with Crippen LogP contribution in [0.5, 0.6) is 0 Å². The van der Waals surface area contributed by atoms with Crippen LogP contribution in [0, 0.1) is 0 Å². The monoisotopic (exact) mass is 257 g/mol. The number of guanidine groups is 1. The molecule has 0 fully saturated rings. The minimum atomic E-state index is 0.483. The zero-order valence-corrected chi connectivity index (χ0v) is 11.1. The predicted octanol–water partition coefficient (Wildman–Crippen LogP) is 1.36. The summed E-state index contributed by atoms with van der Waals surface area (Å²) in [6, 6.07) is 10.1. The summed E-state index contributed by atoms with van der Waals surface area (Å²) in [5.41, 5.74) is 8.11. The Balaban J connectivity index is 2.10. The number of hydrogen-bond donors (Lipinski definition) is 2. The van der Waals surface area contributed by atoms with Crippen LogP contribution >= 0.6 is 0 Å². The number of benzene rings is 1. The van der Waals surface area contributed by atoms with Gasteiger partial charge < -0.3 is 11.1 Å². The van der Waals surface area contributed by atoms with E-state index in [1.807, 2.05) is 36.0 Å². The van der Waals surface area contributed by atoms with Gasteiger partial charge in [0, 0.05) is 18.9 Å². The van der Waals surface area contributed by atoms with Crippen molar-refractivity contribution >= 4 is 5.96 Å². The molecule has 0 unspecified atom stereocenters. The highest BCUT2D eigenvalue weighted by molar-refractivity contribution is 5.77. The van der Waals surface area contributed by atoms with Gasteiger partial charge in [-0.15, -0.1) is 0 Å². The molecule has 0 aliphatic heterocycles. The van der Waals surface area contributed by atoms with Gasteiger partial charge in [-0.2, -0.15) is 5.10 Å². The van der Waals surface area contributed by atoms with E-state index in [1.165, 1.54) is 11.1 Å². The van der Waals surface area contributed by atoms with Crippen molar-refractivity contribution in [2.45, 2.75) is 20.0 Å². The summed E-state index contributed by atoms with van der Waals surface area (Å²) in [6.45, 7) is 4.11. The minimum Gasteiger partial charge on any atom is -0.370 e. The first-order valence-corrected chi connectivity index (χ1v) is 6.37. The van der Waals surface area contributed by atoms with E-state index in [4.69, 9.17) is 5.73 Å². The fourth-order valence-corrected chi connectivity index (χ4v) is 1.84. The van der Waals surface area contributed by atoms with Gasteiger partial charge in [0.2, 0.25) is 0 Å². The van der Waals surface area contributed by atoms with Crippen LogP contribution in [0.1, 0.15) is 18.1 Å². The Morgan fingerprint density at radius 2 is 2.11 bits per heavy atom. The van der Waals surface area contributed by atoms with Crippen LogP contribution in [0.15, 0.2) is 47.7 Å². The number of nitrogens with two attached hydrogens (primary N) is 1. The van der Waals surface area contributed by atoms with E-state index in [0.29, 0.717) is 12.5 Å². The number of rotatable bonds is 5. The highest BCUT2D eigenvalue weighted by Crippen LogP contribution is 2.11. The second-order valence-corrected chi connectivity index (χ2v) is 4.20. The van der Waals surface area contributed by atoms with Crippen LogP contribution in [-0.2, 0) is 13.1 Å². The molecule has 0 radical (unpaired) electrons. The summed E-state index contributed by atoms with van der Waals surface area (Å²) in [7, 11) is 0. The summed E-state index contributed by atoms with van der Waals surface area (Å²) in [4.78, 5) is 4.33. The fraction of sp³-hybridized carbons (Fsp3) is 0.286. The van der Waals surface area contributed by atoms with Gasteiger partial charge in [0.15, 0.2) is 5.96 Å². The van der Waals surface area contributed by atoms with Gasteiger partial charge in [-0.3, -0.25) is 4.68 Å². The lowest BCUT2D eigenvalue weighted by molar-refractivity contribution is 0.681. The third-order valence-electron chi connectivity index (χ3n) is 2.79. The standard InChI is InChI=1S/C14H19N5/c1-2-16-14(15)17-10-12-6-3-4-7-13(12)11-19-9-5-8-18-19/h3-9H,2,10-11H2,1H3,(H3,15,16,17). The molecule has 0 atom stereocenters. The van der Waals surface area contributed by atoms with Crippen LogP contribution in [-0.4, -0.2) is 22.3 Å². The smallest absolute Gasteiger partial charge is 0.188 e. The largest absolute Gasteiger partial charge is 0.370 e. The molecule has 0 aliphatic carbocycles. The molecule has 0 bridgehead atoms. The van der Waals surface area contributed by atoms with Crippen LogP contribution < -0.4 is 11.1 Å². The zero-order valence-electron chi connectivity index (χ0n) is 11.1. The minimum absolute atomic E-state index is 0.483. The molecule has 0 aliphatic rings. The lowest BCUT2D eigenvalue weighted by Crippen LogP contribution is -2.31. The zero-order chi connectivity index (χ0) is 13.5. The van der Waals surface area contributed by atoms with Crippen LogP contribution in [0.3, 0.4) is 0 Å². The van der Waals surface area contributed by atoms with Crippen molar-refractivity contribution in [3.8, 4) is 0 Å². The van der Waals surface area contributed by atoms with Gasteiger partial charge >= 0.3 is 0 Å². The highest BCUT2D eigenvalue weighted by Gasteiger charge is 2.02. The summed E-state index contributed by atoms with van der Waals surface area (Å²) in [5.74, 6) is 0.483. The van der Waals surface area contributed by atoms with Crippen LogP contribution in [0.2, 0.25) is 0 Å². The molecule has 19 heavy (non-hydrogen) atoms. The third kappa shape index (κ3) is 3.84. The van der Waals surface area contributed by atoms with Gasteiger partial charge in [-0.1, -0.05) is 24.3 Å². The van der Waals surface area contributed by atoms with Crippen molar-refractivity contribution in [1.29, 1.82) is 0 Å². The molecule has 0 spiro atoms. The number of aromatic nitrogens is 2. The molecule has 1 heterocycles. The molecule has 0 saturated heterocycles. The van der Waals surface area contributed by atoms with E-state index < -0.39 is 0 Å². The maximum absolute atomic E-state index is 5.74. The normalized spacial score (nSPS) is 11.5. The van der Waals surface area contributed by atoms with Crippen LogP contribution in [0.4, 0.5) is 0 Å². The fourth-order valence-electron chi connectivity index (χ4n) is 1.84. The second-order valence-electron chi connectivity index (χ2n) is 4.20. The third-order valence-corrected chi connectivity index (χ3v) is 2.79. The van der Waals surface area contributed by atoms with E-state index in [0.717, 1.165) is 13.1 Å². The molecule has 5 heteroatoms. The van der Waals surface area contributed by atoms with Crippen LogP contribution in [0.25, 0.3) is 0 Å². The number of nitrogens with one attached hydrogen (secondary N) is 1. The molecule has 2 rings (SSSR count). The molecule has 5 nitrogen and oxygen atoms in total. The van der Waals surface area contributed by atoms with Crippen molar-refractivity contribution in [1.82, 2.24) is 15.1 Å². The first kappa shape index (κ1) is 13.1. The molecule has 3 N–H and O–H groups in total. The maximum atomic E-state index is 5.74. The Hall–Kier alpha value is -2.30. The lowest BCUT2D eigenvalue weighted by atomic mass is 10.1. The quantitative estimate of drug-likeness (QED) is 0.627. The van der Waals surface area contributed by atoms with E-state index in [2.05, 4.69) is 27.5 Å². The maximum Gasteiger partial charge on any atom is 0.188 e. The molecule has 1 aromatic carbocycles. The molecule has 0 amide bonds. The first-order valence-electron chi connectivity index (χ1n) is 6.37. The molecular weight excluding hydrogens is 238 g/mol. The van der Waals surface area contributed by atoms with Gasteiger partial charge in [0.1, 0.15) is 0 Å². The summed E-state index contributed by atoms with van der Waals surface area (Å²) < 4.78 is 1.90. The Morgan fingerprint density at radius 3 is 2.79 bits per heavy atom. The van der Waals surface area contributed by atoms with Gasteiger partial charge in [0.05, 0.1) is 13.1 Å². The summed E-state index contributed by atoms with van der Waals surface area (Å²) >= 11 is 0. The first-order chi connectivity index (χ1) is 9.29. The van der Waals surface area contributed by atoms with Crippen molar-refractivity contribution in [2.75, 3.05) is 6.54 Å². The lowest BCUT2D eigenvalue weighted by Gasteiger charge is -2.08. The van der Waals surface area contributed by atoms with Crippen molar-refractivity contribution in [3.63, 3.8) is 0 Å². The SMILES string of the molecule is CCNC(N)=NCc1ccccc1Cn1cccn1. The summed E-state index contributed by atoms with van der Waals surface area (Å²) in [6.07, 6.45) is 3.73. The van der Waals surface area contributed by atoms with Crippen molar-refractivity contribution in [2.24, 2.45) is 10.7 Å². The molecule has 0 saturated carbocycles. The molecule has 1 aromatic heterocycles. The number of hydrogen-bond acceptors (Lipinski definition) is 2. The van der Waals surface area contributed by atoms with E-state index in [1.54, 1.807) is 6.20 Å². The van der Waals surface area contributed by atoms with Gasteiger partial charge in [-0.05, 0) is 24.1 Å². The van der Waals surface area contributed by atoms with Gasteiger partial charge in [0.25, 0.3) is 0 Å². The molecule has 100 valence electrons. The Bertz CT molecular complexity index is 531. The summed E-state index contributed by atoms with van der Waals surface area (Å²) in [5, 5.41) is 7.21. The highest BCUT2D eigenvalue weighted by atomic mass is 15.3. The van der Waals surface area contributed by atoms with E-state index >= 15 is 0 Å². The Morgan fingerprint density at radius 1 is 1.32 bits per heavy atom. The topological polar surface area (TPSA) is 68.2 Å². The Labute approximate surface area is 113 Å². The molecular formula is C14H19N5. The Kier molecular flexibility index (Phi) is 4.55. The predicted molar refractivity (Wildman–Crippen MR) is 76.8 cm³/mol. The van der Waals surface area contributed by atoms with E-state index in [9.17, 15) is 0 Å². The second kappa shape index (κ2) is 6.58. The molecule has 2 aromatic rings. The average Bonchev–Trinajstić information content (AvgIpc) is 2.91. The van der Waals surface area contributed by atoms with E-state index in [-0.39, 0.29) is 0 Å². The van der Waals surface area contributed by atoms with Crippen molar-refractivity contribution in [3.05, 3.63) is 53.9 Å². The average molecular weight is 257 g/mol. The van der Waals surface area contributed by atoms with Gasteiger partial charge in [-0.25, -0.2) is 4.99 Å².